The van der Waals surface area contributed by atoms with Gasteiger partial charge in [-0.15, -0.1) is 0 Å². The van der Waals surface area contributed by atoms with E-state index in [1.807, 2.05) is 12.8 Å². The molecule has 1 nitrogen and oxygen atoms in total. The third kappa shape index (κ3) is 2.96. The van der Waals surface area contributed by atoms with Crippen molar-refractivity contribution < 1.29 is 0 Å². The van der Waals surface area contributed by atoms with Gasteiger partial charge in [0.25, 0.3) is 0 Å². The van der Waals surface area contributed by atoms with Crippen LogP contribution in [0.4, 0.5) is 0 Å². The van der Waals surface area contributed by atoms with Crippen LogP contribution >= 0.6 is 0 Å². The third-order valence-electron chi connectivity index (χ3n) is 1.39. The summed E-state index contributed by atoms with van der Waals surface area (Å²) in [5, 5.41) is 0. The number of hydrogen-bond donors (Lipinski definition) is 0. The summed E-state index contributed by atoms with van der Waals surface area (Å²) < 4.78 is 1.02. The molecule has 1 fully saturated rings. The van der Waals surface area contributed by atoms with Gasteiger partial charge in [-0.05, 0) is 0 Å². The Morgan fingerprint density at radius 3 is 2.64 bits per heavy atom. The van der Waals surface area contributed by atoms with Gasteiger partial charge in [0.1, 0.15) is 0 Å². The van der Waals surface area contributed by atoms with Crippen molar-refractivity contribution in [3.8, 4) is 0 Å². The van der Waals surface area contributed by atoms with Gasteiger partial charge in [-0.25, -0.2) is 0 Å². The summed E-state index contributed by atoms with van der Waals surface area (Å²) in [6, 6.07) is 0. The SMILES string of the molecule is CCCN=C([Se])[C]1[CH][CH][CH][CH]1. The minimum absolute atomic E-state index is 0.910. The number of aliphatic imine (C=N–C) groups is 1. The van der Waals surface area contributed by atoms with E-state index in [2.05, 4.69) is 40.8 Å². The zero-order chi connectivity index (χ0) is 8.10. The molecule has 0 bridgehead atoms. The van der Waals surface area contributed by atoms with Gasteiger partial charge >= 0.3 is 77.1 Å². The topological polar surface area (TPSA) is 12.4 Å². The molecule has 1 aliphatic carbocycles. The Balaban J connectivity index is 2.32. The van der Waals surface area contributed by atoms with E-state index in [1.54, 1.807) is 0 Å². The molecule has 6 radical (unpaired) electrons. The van der Waals surface area contributed by atoms with E-state index in [0.717, 1.165) is 17.6 Å². The first kappa shape index (κ1) is 9.28. The second-order valence-electron chi connectivity index (χ2n) is 2.36. The Bertz CT molecular complexity index is 136. The van der Waals surface area contributed by atoms with Crippen LogP contribution in [0.25, 0.3) is 0 Å². The van der Waals surface area contributed by atoms with E-state index in [1.165, 1.54) is 5.92 Å². The summed E-state index contributed by atoms with van der Waals surface area (Å²) in [4.78, 5) is 4.35. The van der Waals surface area contributed by atoms with E-state index in [4.69, 9.17) is 0 Å². The van der Waals surface area contributed by atoms with E-state index in [-0.39, 0.29) is 0 Å². The van der Waals surface area contributed by atoms with E-state index < -0.39 is 0 Å². The van der Waals surface area contributed by atoms with Gasteiger partial charge in [-0.3, -0.25) is 0 Å². The summed E-state index contributed by atoms with van der Waals surface area (Å²) in [6.45, 7) is 3.04. The van der Waals surface area contributed by atoms with Crippen molar-refractivity contribution in [3.05, 3.63) is 31.6 Å². The molecule has 0 aromatic carbocycles. The molecule has 0 unspecified atom stereocenters. The second-order valence-corrected chi connectivity index (χ2v) is 3.17. The fourth-order valence-corrected chi connectivity index (χ4v) is 1.30. The molecule has 1 saturated carbocycles. The monoisotopic (exact) mass is 213 g/mol. The molecule has 1 rings (SSSR count). The zero-order valence-electron chi connectivity index (χ0n) is 6.58. The van der Waals surface area contributed by atoms with Gasteiger partial charge in [0, 0.05) is 0 Å². The standard InChI is InChI=1S/C9H11NSe/c1-2-7-10-9(11)8-5-3-4-6-8/h3-6H,2,7H2,1H3. The summed E-state index contributed by atoms with van der Waals surface area (Å²) in [7, 11) is 0. The van der Waals surface area contributed by atoms with Gasteiger partial charge in [0.15, 0.2) is 0 Å². The predicted octanol–water partition coefficient (Wildman–Crippen LogP) is 1.37. The van der Waals surface area contributed by atoms with Crippen molar-refractivity contribution in [3.63, 3.8) is 0 Å². The Morgan fingerprint density at radius 2 is 2.09 bits per heavy atom. The number of nitrogens with zero attached hydrogens (tertiary/aromatic N) is 1. The molecule has 1 aliphatic rings. The quantitative estimate of drug-likeness (QED) is 0.495. The molecule has 0 saturated heterocycles. The van der Waals surface area contributed by atoms with Crippen LogP contribution in [0, 0.1) is 31.6 Å². The average Bonchev–Trinajstić information content (AvgIpc) is 2.52. The number of hydrogen-bond acceptors (Lipinski definition) is 1. The molecule has 11 heavy (non-hydrogen) atoms. The molecule has 0 spiro atoms. The van der Waals surface area contributed by atoms with Gasteiger partial charge in [-0.2, -0.15) is 0 Å². The maximum atomic E-state index is 4.35. The Hall–Kier alpha value is 0.189. The fourth-order valence-electron chi connectivity index (χ4n) is 0.821. The average molecular weight is 212 g/mol. The Kier molecular flexibility index (Phi) is 4.17. The van der Waals surface area contributed by atoms with Crippen LogP contribution in [0.15, 0.2) is 4.99 Å². The van der Waals surface area contributed by atoms with Gasteiger partial charge in [-0.1, -0.05) is 0 Å². The van der Waals surface area contributed by atoms with Gasteiger partial charge < -0.3 is 0 Å². The van der Waals surface area contributed by atoms with E-state index in [9.17, 15) is 0 Å². The van der Waals surface area contributed by atoms with Crippen LogP contribution < -0.4 is 0 Å². The van der Waals surface area contributed by atoms with Crippen molar-refractivity contribution >= 4 is 20.6 Å². The second kappa shape index (κ2) is 4.95. The molecule has 0 aromatic rings. The first-order chi connectivity index (χ1) is 5.34. The molecule has 58 valence electrons. The van der Waals surface area contributed by atoms with Crippen LogP contribution in [-0.4, -0.2) is 27.2 Å². The summed E-state index contributed by atoms with van der Waals surface area (Å²) in [5.41, 5.74) is 0. The normalized spacial score (nSPS) is 21.0. The molecule has 0 N–H and O–H groups in total. The first-order valence-electron chi connectivity index (χ1n) is 3.78. The summed E-state index contributed by atoms with van der Waals surface area (Å²) in [6.07, 6.45) is 9.27. The van der Waals surface area contributed by atoms with Crippen LogP contribution in [-0.2, 0) is 0 Å². The van der Waals surface area contributed by atoms with Gasteiger partial charge in [0.05, 0.1) is 0 Å². The Morgan fingerprint density at radius 1 is 1.45 bits per heavy atom. The summed E-state index contributed by atoms with van der Waals surface area (Å²) in [5.74, 6) is 1.19. The molecule has 0 atom stereocenters. The van der Waals surface area contributed by atoms with Crippen molar-refractivity contribution in [2.24, 2.45) is 4.99 Å². The molecular formula is C9H11NSe. The third-order valence-corrected chi connectivity index (χ3v) is 2.15. The minimum atomic E-state index is 0.910. The fraction of sp³-hybridized carbons (Fsp3) is 0.333. The predicted molar refractivity (Wildman–Crippen MR) is 48.8 cm³/mol. The molecular weight excluding hydrogens is 201 g/mol. The van der Waals surface area contributed by atoms with Gasteiger partial charge in [0.2, 0.25) is 0 Å². The summed E-state index contributed by atoms with van der Waals surface area (Å²) >= 11 is 2.96. The van der Waals surface area contributed by atoms with Crippen LogP contribution in [0.2, 0.25) is 0 Å². The zero-order valence-corrected chi connectivity index (χ0v) is 8.29. The molecule has 0 amide bonds. The molecule has 2 heteroatoms. The van der Waals surface area contributed by atoms with Crippen LogP contribution in [0.1, 0.15) is 13.3 Å². The maximum absolute atomic E-state index is 4.35. The van der Waals surface area contributed by atoms with Crippen molar-refractivity contribution in [1.29, 1.82) is 0 Å². The molecule has 0 aromatic heterocycles. The van der Waals surface area contributed by atoms with Crippen molar-refractivity contribution in [2.75, 3.05) is 6.54 Å². The molecule has 0 aliphatic heterocycles. The van der Waals surface area contributed by atoms with E-state index in [0.29, 0.717) is 0 Å². The first-order valence-corrected chi connectivity index (χ1v) is 4.63. The van der Waals surface area contributed by atoms with Crippen LogP contribution in [0.3, 0.4) is 0 Å². The van der Waals surface area contributed by atoms with Crippen LogP contribution in [0.5, 0.6) is 0 Å². The van der Waals surface area contributed by atoms with Crippen molar-refractivity contribution in [1.82, 2.24) is 0 Å². The Labute approximate surface area is 77.5 Å². The van der Waals surface area contributed by atoms with Crippen molar-refractivity contribution in [2.45, 2.75) is 13.3 Å². The van der Waals surface area contributed by atoms with E-state index >= 15 is 0 Å². The number of rotatable bonds is 3. The molecule has 0 heterocycles.